The molecule has 0 aliphatic heterocycles. The molecule has 21 heavy (non-hydrogen) atoms. The molecule has 6 heteroatoms. The van der Waals surface area contributed by atoms with Crippen molar-refractivity contribution < 1.29 is 33.5 Å². The third-order valence-corrected chi connectivity index (χ3v) is 2.45. The lowest BCUT2D eigenvalue weighted by Gasteiger charge is -2.17. The Kier molecular flexibility index (Phi) is 6.48. The van der Waals surface area contributed by atoms with Crippen LogP contribution in [0.15, 0.2) is 48.5 Å². The average molecular weight is 310 g/mol. The predicted octanol–water partition coefficient (Wildman–Crippen LogP) is -1.56. The van der Waals surface area contributed by atoms with Crippen LogP contribution in [0.3, 0.4) is 0 Å². The van der Waals surface area contributed by atoms with Crippen LogP contribution in [0.2, 0.25) is 0 Å². The molecule has 112 valence electrons. The molecule has 0 saturated heterocycles. The summed E-state index contributed by atoms with van der Waals surface area (Å²) in [6.07, 6.45) is 6.21. The average Bonchev–Trinajstić information content (AvgIpc) is 2.36. The SMILES string of the molecule is C[N+](C)=C/C=C/c1ccc2ccccc2c1.[O-][Cl+3]([O-])([O-])[O-]. The first-order valence-electron chi connectivity index (χ1n) is 6.04. The van der Waals surface area contributed by atoms with E-state index in [2.05, 4.69) is 54.6 Å². The molecule has 0 aromatic heterocycles. The van der Waals surface area contributed by atoms with Gasteiger partial charge in [0.2, 0.25) is 0 Å². The first kappa shape index (κ1) is 17.3. The van der Waals surface area contributed by atoms with Gasteiger partial charge in [-0.05, 0) is 28.5 Å². The second-order valence-electron chi connectivity index (χ2n) is 4.46. The fourth-order valence-corrected chi connectivity index (χ4v) is 1.64. The van der Waals surface area contributed by atoms with Crippen LogP contribution in [0.25, 0.3) is 16.8 Å². The smallest absolute Gasteiger partial charge is 0.162 e. The third kappa shape index (κ3) is 8.19. The first-order chi connectivity index (χ1) is 9.75. The highest BCUT2D eigenvalue weighted by atomic mass is 35.7. The third-order valence-electron chi connectivity index (χ3n) is 2.45. The lowest BCUT2D eigenvalue weighted by Crippen LogP contribution is -2.68. The van der Waals surface area contributed by atoms with Crippen molar-refractivity contribution in [3.05, 3.63) is 54.1 Å². The van der Waals surface area contributed by atoms with Gasteiger partial charge in [-0.25, -0.2) is 23.2 Å². The van der Waals surface area contributed by atoms with E-state index in [1.165, 1.54) is 16.3 Å². The van der Waals surface area contributed by atoms with E-state index in [4.69, 9.17) is 18.6 Å². The molecule has 0 radical (unpaired) electrons. The minimum atomic E-state index is -4.94. The minimum Gasteiger partial charge on any atom is -0.241 e. The molecule has 0 bridgehead atoms. The lowest BCUT2D eigenvalue weighted by molar-refractivity contribution is -2.00. The Morgan fingerprint density at radius 3 is 2.05 bits per heavy atom. The zero-order valence-corrected chi connectivity index (χ0v) is 12.5. The van der Waals surface area contributed by atoms with Gasteiger partial charge in [0.15, 0.2) is 6.21 Å². The summed E-state index contributed by atoms with van der Waals surface area (Å²) in [6, 6.07) is 14.9. The van der Waals surface area contributed by atoms with Crippen LogP contribution in [0, 0.1) is 10.2 Å². The number of fused-ring (bicyclic) bond motifs is 1. The van der Waals surface area contributed by atoms with Crippen molar-refractivity contribution in [2.75, 3.05) is 14.1 Å². The second-order valence-corrected chi connectivity index (χ2v) is 5.21. The topological polar surface area (TPSA) is 95.2 Å². The Hall–Kier alpha value is -1.76. The van der Waals surface area contributed by atoms with Crippen molar-refractivity contribution in [3.63, 3.8) is 0 Å². The van der Waals surface area contributed by atoms with Gasteiger partial charge in [0.05, 0.1) is 0 Å². The minimum absolute atomic E-state index is 1.23. The number of nitrogens with zero attached hydrogens (tertiary/aromatic N) is 1. The molecule has 5 nitrogen and oxygen atoms in total. The highest BCUT2D eigenvalue weighted by molar-refractivity contribution is 5.85. The lowest BCUT2D eigenvalue weighted by atomic mass is 10.1. The zero-order chi connectivity index (χ0) is 15.9. The molecule has 0 amide bonds. The monoisotopic (exact) mass is 309 g/mol. The maximum Gasteiger partial charge on any atom is 0.162 e. The van der Waals surface area contributed by atoms with Crippen molar-refractivity contribution in [1.29, 1.82) is 0 Å². The number of halogens is 1. The molecular formula is C15H16ClNO4. The van der Waals surface area contributed by atoms with E-state index in [0.717, 1.165) is 0 Å². The maximum atomic E-state index is 8.49. The normalized spacial score (nSPS) is 11.1. The van der Waals surface area contributed by atoms with E-state index in [1.807, 2.05) is 24.9 Å². The standard InChI is InChI=1S/C15H16N.ClHO4/c1-16(2)11-5-6-13-9-10-14-7-3-4-8-15(14)12-13;2-1(3,4)5/h3-12H,1-2H3;(H,2,3,4,5)/q+1;/p-1/b6-5+;. The molecule has 0 heterocycles. The molecule has 0 saturated carbocycles. The molecule has 0 aliphatic carbocycles. The number of rotatable bonds is 2. The molecule has 0 N–H and O–H groups in total. The van der Waals surface area contributed by atoms with Gasteiger partial charge in [0, 0.05) is 6.08 Å². The van der Waals surface area contributed by atoms with E-state index < -0.39 is 10.2 Å². The molecular weight excluding hydrogens is 294 g/mol. The Morgan fingerprint density at radius 2 is 1.48 bits per heavy atom. The fraction of sp³-hybridized carbons (Fsp3) is 0.133. The predicted molar refractivity (Wildman–Crippen MR) is 71.2 cm³/mol. The van der Waals surface area contributed by atoms with Crippen molar-refractivity contribution in [2.24, 2.45) is 0 Å². The first-order valence-corrected chi connectivity index (χ1v) is 7.27. The Morgan fingerprint density at radius 1 is 0.905 bits per heavy atom. The van der Waals surface area contributed by atoms with Gasteiger partial charge in [-0.15, -0.1) is 10.2 Å². The molecule has 0 atom stereocenters. The van der Waals surface area contributed by atoms with Crippen molar-refractivity contribution >= 4 is 23.1 Å². The Labute approximate surface area is 125 Å². The van der Waals surface area contributed by atoms with E-state index >= 15 is 0 Å². The molecule has 2 rings (SSSR count). The van der Waals surface area contributed by atoms with Crippen LogP contribution in [0.1, 0.15) is 5.56 Å². The second kappa shape index (κ2) is 7.87. The number of benzene rings is 2. The maximum absolute atomic E-state index is 8.49. The van der Waals surface area contributed by atoms with Gasteiger partial charge in [-0.2, -0.15) is 0 Å². The van der Waals surface area contributed by atoms with Crippen molar-refractivity contribution in [3.8, 4) is 0 Å². The summed E-state index contributed by atoms with van der Waals surface area (Å²) in [7, 11) is -0.907. The number of allylic oxidation sites excluding steroid dienone is 1. The van der Waals surface area contributed by atoms with Crippen molar-refractivity contribution in [1.82, 2.24) is 0 Å². The van der Waals surface area contributed by atoms with E-state index in [9.17, 15) is 0 Å². The van der Waals surface area contributed by atoms with Gasteiger partial charge >= 0.3 is 0 Å². The highest BCUT2D eigenvalue weighted by Gasteiger charge is 1.92. The molecule has 0 spiro atoms. The summed E-state index contributed by atoms with van der Waals surface area (Å²) in [6.45, 7) is 0. The van der Waals surface area contributed by atoms with Crippen molar-refractivity contribution in [2.45, 2.75) is 0 Å². The highest BCUT2D eigenvalue weighted by Crippen LogP contribution is 2.16. The summed E-state index contributed by atoms with van der Waals surface area (Å²) < 4.78 is 36.0. The van der Waals surface area contributed by atoms with E-state index in [1.54, 1.807) is 0 Å². The number of hydrogen-bond acceptors (Lipinski definition) is 4. The van der Waals surface area contributed by atoms with Gasteiger partial charge in [-0.1, -0.05) is 36.4 Å². The zero-order valence-electron chi connectivity index (χ0n) is 11.7. The van der Waals surface area contributed by atoms with Crippen LogP contribution in [-0.4, -0.2) is 24.9 Å². The molecule has 2 aromatic carbocycles. The van der Waals surface area contributed by atoms with Crippen LogP contribution in [0.5, 0.6) is 0 Å². The van der Waals surface area contributed by atoms with Crippen LogP contribution < -0.4 is 18.6 Å². The van der Waals surface area contributed by atoms with Gasteiger partial charge < -0.3 is 0 Å². The van der Waals surface area contributed by atoms with E-state index in [0.29, 0.717) is 0 Å². The molecule has 2 aromatic rings. The Balaban J connectivity index is 0.000000383. The summed E-state index contributed by atoms with van der Waals surface area (Å²) in [5.41, 5.74) is 1.23. The summed E-state index contributed by atoms with van der Waals surface area (Å²) in [5, 5.41) is 2.57. The van der Waals surface area contributed by atoms with Gasteiger partial charge in [0.1, 0.15) is 14.1 Å². The van der Waals surface area contributed by atoms with Gasteiger partial charge in [-0.3, -0.25) is 0 Å². The van der Waals surface area contributed by atoms with Gasteiger partial charge in [0.25, 0.3) is 0 Å². The summed E-state index contributed by atoms with van der Waals surface area (Å²) in [4.78, 5) is 0. The Bertz CT molecular complexity index is 637. The molecule has 0 aliphatic rings. The quantitative estimate of drug-likeness (QED) is 0.495. The summed E-state index contributed by atoms with van der Waals surface area (Å²) >= 11 is 0. The fourth-order valence-electron chi connectivity index (χ4n) is 1.64. The van der Waals surface area contributed by atoms with E-state index in [-0.39, 0.29) is 0 Å². The van der Waals surface area contributed by atoms with Crippen LogP contribution in [-0.2, 0) is 0 Å². The van der Waals surface area contributed by atoms with Crippen LogP contribution >= 0.6 is 0 Å². The van der Waals surface area contributed by atoms with Crippen LogP contribution in [0.4, 0.5) is 0 Å². The largest absolute Gasteiger partial charge is 0.241 e. The molecule has 0 fully saturated rings. The summed E-state index contributed by atoms with van der Waals surface area (Å²) in [5.74, 6) is 0. The molecule has 0 unspecified atom stereocenters. The number of hydrogen-bond donors (Lipinski definition) is 0.